The molecule has 18 heavy (non-hydrogen) atoms. The van der Waals surface area contributed by atoms with Crippen molar-refractivity contribution in [3.05, 3.63) is 28.8 Å². The molecule has 1 fully saturated rings. The molecule has 3 nitrogen and oxygen atoms in total. The van der Waals surface area contributed by atoms with E-state index in [0.29, 0.717) is 22.4 Å². The standard InChI is InChI=1S/C14H18ClNO2/c1-9-5-10(2)8-16(7-9)14(18)12-6-11(17)3-4-13(12)15/h3-4,6,9-10,17H,5,7-8H2,1-2H3. The molecule has 1 aromatic carbocycles. The molecule has 0 aliphatic carbocycles. The lowest BCUT2D eigenvalue weighted by molar-refractivity contribution is 0.0623. The number of nitrogens with zero attached hydrogens (tertiary/aromatic N) is 1. The highest BCUT2D eigenvalue weighted by molar-refractivity contribution is 6.33. The number of hydrogen-bond donors (Lipinski definition) is 1. The highest BCUT2D eigenvalue weighted by atomic mass is 35.5. The number of carbonyl (C=O) groups is 1. The SMILES string of the molecule is CC1CC(C)CN(C(=O)c2cc(O)ccc2Cl)C1. The van der Waals surface area contributed by atoms with Crippen LogP contribution in [0.1, 0.15) is 30.6 Å². The first-order chi connectivity index (χ1) is 8.47. The summed E-state index contributed by atoms with van der Waals surface area (Å²) in [6.07, 6.45) is 1.15. The average molecular weight is 268 g/mol. The molecule has 0 radical (unpaired) electrons. The summed E-state index contributed by atoms with van der Waals surface area (Å²) in [5, 5.41) is 9.85. The van der Waals surface area contributed by atoms with E-state index in [1.165, 1.54) is 12.1 Å². The smallest absolute Gasteiger partial charge is 0.255 e. The number of piperidine rings is 1. The van der Waals surface area contributed by atoms with Gasteiger partial charge < -0.3 is 10.0 Å². The summed E-state index contributed by atoms with van der Waals surface area (Å²) in [5.41, 5.74) is 0.387. The van der Waals surface area contributed by atoms with Crippen molar-refractivity contribution in [3.63, 3.8) is 0 Å². The largest absolute Gasteiger partial charge is 0.508 e. The third-order valence-electron chi connectivity index (χ3n) is 3.34. The Labute approximate surface area is 112 Å². The molecule has 0 spiro atoms. The monoisotopic (exact) mass is 267 g/mol. The lowest BCUT2D eigenvalue weighted by atomic mass is 9.91. The summed E-state index contributed by atoms with van der Waals surface area (Å²) in [6, 6.07) is 4.48. The van der Waals surface area contributed by atoms with Crippen molar-refractivity contribution in [1.29, 1.82) is 0 Å². The first-order valence-electron chi connectivity index (χ1n) is 6.25. The van der Waals surface area contributed by atoms with E-state index in [-0.39, 0.29) is 11.7 Å². The van der Waals surface area contributed by atoms with Gasteiger partial charge in [-0.15, -0.1) is 0 Å². The Hall–Kier alpha value is -1.22. The summed E-state index contributed by atoms with van der Waals surface area (Å²) < 4.78 is 0. The Kier molecular flexibility index (Phi) is 3.81. The predicted octanol–water partition coefficient (Wildman–Crippen LogP) is 3.16. The van der Waals surface area contributed by atoms with Crippen molar-refractivity contribution in [1.82, 2.24) is 4.90 Å². The number of aromatic hydroxyl groups is 1. The summed E-state index contributed by atoms with van der Waals surface area (Å²) >= 11 is 6.02. The van der Waals surface area contributed by atoms with Gasteiger partial charge in [-0.25, -0.2) is 0 Å². The van der Waals surface area contributed by atoms with E-state index in [1.54, 1.807) is 6.07 Å². The molecule has 1 heterocycles. The average Bonchev–Trinajstić information content (AvgIpc) is 2.30. The highest BCUT2D eigenvalue weighted by Crippen LogP contribution is 2.26. The van der Waals surface area contributed by atoms with E-state index in [4.69, 9.17) is 11.6 Å². The molecule has 1 aliphatic rings. The Bertz CT molecular complexity index is 451. The quantitative estimate of drug-likeness (QED) is 0.849. The molecule has 2 rings (SSSR count). The minimum atomic E-state index is -0.0886. The Morgan fingerprint density at radius 1 is 1.33 bits per heavy atom. The number of halogens is 1. The number of likely N-dealkylation sites (tertiary alicyclic amines) is 1. The minimum absolute atomic E-state index is 0.0702. The van der Waals surface area contributed by atoms with Crippen molar-refractivity contribution in [2.45, 2.75) is 20.3 Å². The summed E-state index contributed by atoms with van der Waals surface area (Å²) in [7, 11) is 0. The van der Waals surface area contributed by atoms with Gasteiger partial charge in [0.25, 0.3) is 5.91 Å². The van der Waals surface area contributed by atoms with Gasteiger partial charge in [-0.2, -0.15) is 0 Å². The molecule has 0 bridgehead atoms. The first kappa shape index (κ1) is 13.2. The van der Waals surface area contributed by atoms with Gasteiger partial charge in [0.05, 0.1) is 10.6 Å². The van der Waals surface area contributed by atoms with Crippen LogP contribution >= 0.6 is 11.6 Å². The van der Waals surface area contributed by atoms with E-state index in [0.717, 1.165) is 19.5 Å². The fourth-order valence-electron chi connectivity index (χ4n) is 2.68. The normalized spacial score (nSPS) is 24.1. The maximum Gasteiger partial charge on any atom is 0.255 e. The number of amides is 1. The third-order valence-corrected chi connectivity index (χ3v) is 3.67. The molecule has 0 saturated carbocycles. The van der Waals surface area contributed by atoms with Gasteiger partial charge in [0.15, 0.2) is 0 Å². The van der Waals surface area contributed by atoms with Gasteiger partial charge in [-0.3, -0.25) is 4.79 Å². The third kappa shape index (κ3) is 2.78. The second-order valence-electron chi connectivity index (χ2n) is 5.32. The molecule has 1 aromatic rings. The number of carbonyl (C=O) groups excluding carboxylic acids is 1. The van der Waals surface area contributed by atoms with Crippen molar-refractivity contribution >= 4 is 17.5 Å². The first-order valence-corrected chi connectivity index (χ1v) is 6.63. The number of benzene rings is 1. The maximum absolute atomic E-state index is 12.4. The van der Waals surface area contributed by atoms with Crippen LogP contribution in [0.5, 0.6) is 5.75 Å². The topological polar surface area (TPSA) is 40.5 Å². The number of phenolic OH excluding ortho intramolecular Hbond substituents is 1. The second-order valence-corrected chi connectivity index (χ2v) is 5.73. The van der Waals surface area contributed by atoms with Gasteiger partial charge in [0, 0.05) is 13.1 Å². The zero-order chi connectivity index (χ0) is 13.3. The molecule has 1 aliphatic heterocycles. The fourth-order valence-corrected chi connectivity index (χ4v) is 2.87. The second kappa shape index (κ2) is 5.19. The van der Waals surface area contributed by atoms with Gasteiger partial charge in [-0.1, -0.05) is 25.4 Å². The van der Waals surface area contributed by atoms with Gasteiger partial charge in [0.1, 0.15) is 5.75 Å². The molecular formula is C14H18ClNO2. The van der Waals surface area contributed by atoms with Crippen LogP contribution < -0.4 is 0 Å². The zero-order valence-corrected chi connectivity index (χ0v) is 11.4. The van der Waals surface area contributed by atoms with E-state index >= 15 is 0 Å². The van der Waals surface area contributed by atoms with Crippen LogP contribution in [0.15, 0.2) is 18.2 Å². The molecule has 4 heteroatoms. The van der Waals surface area contributed by atoms with Crippen LogP contribution in [-0.4, -0.2) is 29.0 Å². The molecule has 1 N–H and O–H groups in total. The Morgan fingerprint density at radius 2 is 1.94 bits per heavy atom. The van der Waals surface area contributed by atoms with Gasteiger partial charge in [0.2, 0.25) is 0 Å². The molecule has 98 valence electrons. The van der Waals surface area contributed by atoms with Crippen LogP contribution in [-0.2, 0) is 0 Å². The highest BCUT2D eigenvalue weighted by Gasteiger charge is 2.27. The Balaban J connectivity index is 2.22. The van der Waals surface area contributed by atoms with Gasteiger partial charge >= 0.3 is 0 Å². The molecule has 1 amide bonds. The molecule has 2 atom stereocenters. The fraction of sp³-hybridized carbons (Fsp3) is 0.500. The van der Waals surface area contributed by atoms with E-state index < -0.39 is 0 Å². The van der Waals surface area contributed by atoms with E-state index in [1.807, 2.05) is 4.90 Å². The minimum Gasteiger partial charge on any atom is -0.508 e. The number of rotatable bonds is 1. The number of hydrogen-bond acceptors (Lipinski definition) is 2. The number of phenols is 1. The zero-order valence-electron chi connectivity index (χ0n) is 10.7. The summed E-state index contributed by atoms with van der Waals surface area (Å²) in [5.74, 6) is 0.998. The van der Waals surface area contributed by atoms with Crippen LogP contribution in [0.4, 0.5) is 0 Å². The molecule has 2 unspecified atom stereocenters. The molecule has 1 saturated heterocycles. The molecule has 0 aromatic heterocycles. The van der Waals surface area contributed by atoms with Gasteiger partial charge in [-0.05, 0) is 36.5 Å². The van der Waals surface area contributed by atoms with Crippen molar-refractivity contribution in [3.8, 4) is 5.75 Å². The van der Waals surface area contributed by atoms with Crippen LogP contribution in [0.2, 0.25) is 5.02 Å². The summed E-state index contributed by atoms with van der Waals surface area (Å²) in [6.45, 7) is 5.82. The lowest BCUT2D eigenvalue weighted by Crippen LogP contribution is -2.42. The van der Waals surface area contributed by atoms with Crippen molar-refractivity contribution in [2.24, 2.45) is 11.8 Å². The maximum atomic E-state index is 12.4. The van der Waals surface area contributed by atoms with E-state index in [9.17, 15) is 9.90 Å². The predicted molar refractivity (Wildman–Crippen MR) is 72.0 cm³/mol. The Morgan fingerprint density at radius 3 is 2.56 bits per heavy atom. The molecular weight excluding hydrogens is 250 g/mol. The summed E-state index contributed by atoms with van der Waals surface area (Å²) in [4.78, 5) is 14.2. The van der Waals surface area contributed by atoms with Crippen LogP contribution in [0.25, 0.3) is 0 Å². The van der Waals surface area contributed by atoms with E-state index in [2.05, 4.69) is 13.8 Å². The van der Waals surface area contributed by atoms with Crippen LogP contribution in [0, 0.1) is 11.8 Å². The van der Waals surface area contributed by atoms with Crippen LogP contribution in [0.3, 0.4) is 0 Å². The van der Waals surface area contributed by atoms with Crippen molar-refractivity contribution < 1.29 is 9.90 Å². The van der Waals surface area contributed by atoms with Crippen molar-refractivity contribution in [2.75, 3.05) is 13.1 Å². The lowest BCUT2D eigenvalue weighted by Gasteiger charge is -2.35.